The third-order valence-electron chi connectivity index (χ3n) is 1.47. The maximum atomic E-state index is 8.60. The molecule has 0 bridgehead atoms. The van der Waals surface area contributed by atoms with Crippen molar-refractivity contribution in [1.82, 2.24) is 10.4 Å². The summed E-state index contributed by atoms with van der Waals surface area (Å²) in [6.07, 6.45) is 1.59. The van der Waals surface area contributed by atoms with E-state index in [0.29, 0.717) is 5.69 Å². The summed E-state index contributed by atoms with van der Waals surface area (Å²) in [4.78, 5) is 3.97. The highest BCUT2D eigenvalue weighted by molar-refractivity contribution is 5.65. The van der Waals surface area contributed by atoms with E-state index in [2.05, 4.69) is 10.4 Å². The van der Waals surface area contributed by atoms with Crippen LogP contribution in [0, 0.1) is 11.3 Å². The second-order valence-corrected chi connectivity index (χ2v) is 2.26. The predicted molar refractivity (Wildman–Crippen MR) is 48.3 cm³/mol. The van der Waals surface area contributed by atoms with Crippen molar-refractivity contribution in [2.24, 2.45) is 11.6 Å². The van der Waals surface area contributed by atoms with Crippen LogP contribution in [-0.2, 0) is 0 Å². The minimum absolute atomic E-state index is 0.110. The molecule has 0 radical (unpaired) electrons. The Hall–Kier alpha value is -2.06. The van der Waals surface area contributed by atoms with Gasteiger partial charge in [0.1, 0.15) is 6.07 Å². The molecule has 1 heterocycles. The van der Waals surface area contributed by atoms with Crippen molar-refractivity contribution < 1.29 is 0 Å². The van der Waals surface area contributed by atoms with Gasteiger partial charge < -0.3 is 11.2 Å². The van der Waals surface area contributed by atoms with E-state index >= 15 is 0 Å². The standard InChI is InChI=1S/C8H9N5/c9-5-7(13-11)8(10)6-3-1-2-4-12-6/h1-4,13H,10-11H2/b8-7-. The maximum Gasteiger partial charge on any atom is 0.153 e. The Balaban J connectivity index is 3.11. The lowest BCUT2D eigenvalue weighted by Crippen LogP contribution is -2.23. The lowest BCUT2D eigenvalue weighted by molar-refractivity contribution is 0.918. The van der Waals surface area contributed by atoms with E-state index in [4.69, 9.17) is 16.8 Å². The number of nitrogens with zero attached hydrogens (tertiary/aromatic N) is 2. The molecule has 0 unspecified atom stereocenters. The number of hydrazine groups is 1. The molecule has 0 atom stereocenters. The fraction of sp³-hybridized carbons (Fsp3) is 0. The van der Waals surface area contributed by atoms with Crippen molar-refractivity contribution in [3.8, 4) is 6.07 Å². The molecule has 0 aliphatic rings. The third-order valence-corrected chi connectivity index (χ3v) is 1.47. The molecule has 0 spiro atoms. The maximum absolute atomic E-state index is 8.60. The van der Waals surface area contributed by atoms with Crippen molar-refractivity contribution in [3.05, 3.63) is 35.8 Å². The summed E-state index contributed by atoms with van der Waals surface area (Å²) < 4.78 is 0. The van der Waals surface area contributed by atoms with Crippen molar-refractivity contribution in [2.45, 2.75) is 0 Å². The summed E-state index contributed by atoms with van der Waals surface area (Å²) in [5.74, 6) is 5.08. The first-order chi connectivity index (χ1) is 6.29. The smallest absolute Gasteiger partial charge is 0.153 e. The fourth-order valence-corrected chi connectivity index (χ4v) is 0.820. The van der Waals surface area contributed by atoms with E-state index in [1.54, 1.807) is 24.4 Å². The van der Waals surface area contributed by atoms with E-state index in [9.17, 15) is 0 Å². The Kier molecular flexibility index (Phi) is 2.84. The van der Waals surface area contributed by atoms with Gasteiger partial charge in [0.2, 0.25) is 0 Å². The van der Waals surface area contributed by atoms with E-state index in [-0.39, 0.29) is 11.4 Å². The average molecular weight is 175 g/mol. The highest BCUT2D eigenvalue weighted by Gasteiger charge is 2.03. The minimum Gasteiger partial charge on any atom is -0.395 e. The first-order valence-corrected chi connectivity index (χ1v) is 3.57. The summed E-state index contributed by atoms with van der Waals surface area (Å²) >= 11 is 0. The highest BCUT2D eigenvalue weighted by Crippen LogP contribution is 2.06. The zero-order chi connectivity index (χ0) is 9.68. The lowest BCUT2D eigenvalue weighted by atomic mass is 10.2. The number of hydrogen-bond acceptors (Lipinski definition) is 5. The zero-order valence-corrected chi connectivity index (χ0v) is 6.86. The van der Waals surface area contributed by atoms with Crippen LogP contribution < -0.4 is 17.0 Å². The summed E-state index contributed by atoms with van der Waals surface area (Å²) in [7, 11) is 0. The molecule has 0 saturated carbocycles. The molecule has 5 heteroatoms. The molecule has 0 aromatic carbocycles. The fourth-order valence-electron chi connectivity index (χ4n) is 0.820. The van der Waals surface area contributed by atoms with Crippen molar-refractivity contribution in [1.29, 1.82) is 5.26 Å². The predicted octanol–water partition coefficient (Wildman–Crippen LogP) is -0.304. The topological polar surface area (TPSA) is 101 Å². The molecule has 5 nitrogen and oxygen atoms in total. The Labute approximate surface area is 75.6 Å². The summed E-state index contributed by atoms with van der Waals surface area (Å²) in [6.45, 7) is 0. The van der Waals surface area contributed by atoms with Crippen LogP contribution >= 0.6 is 0 Å². The van der Waals surface area contributed by atoms with Gasteiger partial charge in [-0.15, -0.1) is 0 Å². The van der Waals surface area contributed by atoms with E-state index in [1.807, 2.05) is 6.07 Å². The van der Waals surface area contributed by atoms with Gasteiger partial charge in [-0.05, 0) is 12.1 Å². The van der Waals surface area contributed by atoms with Gasteiger partial charge in [0.25, 0.3) is 0 Å². The molecule has 0 fully saturated rings. The van der Waals surface area contributed by atoms with Crippen LogP contribution in [0.4, 0.5) is 0 Å². The molecule has 5 N–H and O–H groups in total. The van der Waals surface area contributed by atoms with Gasteiger partial charge in [-0.25, -0.2) is 5.84 Å². The van der Waals surface area contributed by atoms with Crippen LogP contribution in [0.1, 0.15) is 5.69 Å². The van der Waals surface area contributed by atoms with Gasteiger partial charge in [0.15, 0.2) is 5.70 Å². The molecule has 0 amide bonds. The number of aromatic nitrogens is 1. The quantitative estimate of drug-likeness (QED) is 0.325. The van der Waals surface area contributed by atoms with E-state index in [0.717, 1.165) is 0 Å². The van der Waals surface area contributed by atoms with Crippen molar-refractivity contribution >= 4 is 5.70 Å². The molecular formula is C8H9N5. The number of pyridine rings is 1. The average Bonchev–Trinajstić information content (AvgIpc) is 2.21. The third kappa shape index (κ3) is 1.95. The number of allylic oxidation sites excluding steroid dienone is 1. The van der Waals surface area contributed by atoms with Crippen LogP contribution in [0.2, 0.25) is 0 Å². The Morgan fingerprint density at radius 1 is 1.54 bits per heavy atom. The van der Waals surface area contributed by atoms with Gasteiger partial charge in [0, 0.05) is 6.20 Å². The van der Waals surface area contributed by atoms with Crippen LogP contribution in [0.25, 0.3) is 5.70 Å². The number of hydrogen-bond donors (Lipinski definition) is 3. The van der Waals surface area contributed by atoms with E-state index < -0.39 is 0 Å². The number of rotatable bonds is 2. The van der Waals surface area contributed by atoms with Crippen LogP contribution in [0.5, 0.6) is 0 Å². The summed E-state index contributed by atoms with van der Waals surface area (Å²) in [5, 5.41) is 8.60. The zero-order valence-electron chi connectivity index (χ0n) is 6.86. The lowest BCUT2D eigenvalue weighted by Gasteiger charge is -2.02. The van der Waals surface area contributed by atoms with E-state index in [1.165, 1.54) is 0 Å². The summed E-state index contributed by atoms with van der Waals surface area (Å²) in [5.41, 5.74) is 8.69. The van der Waals surface area contributed by atoms with Crippen molar-refractivity contribution in [3.63, 3.8) is 0 Å². The number of nitrogens with one attached hydrogen (secondary N) is 1. The Bertz CT molecular complexity index is 349. The minimum atomic E-state index is 0.110. The molecule has 0 aliphatic carbocycles. The van der Waals surface area contributed by atoms with Crippen molar-refractivity contribution in [2.75, 3.05) is 0 Å². The Morgan fingerprint density at radius 2 is 2.31 bits per heavy atom. The summed E-state index contributed by atoms with van der Waals surface area (Å²) in [6, 6.07) is 7.07. The highest BCUT2D eigenvalue weighted by atomic mass is 15.2. The Morgan fingerprint density at radius 3 is 2.77 bits per heavy atom. The van der Waals surface area contributed by atoms with Crippen LogP contribution in [-0.4, -0.2) is 4.98 Å². The van der Waals surface area contributed by atoms with Gasteiger partial charge in [-0.1, -0.05) is 6.07 Å². The molecule has 1 aromatic rings. The van der Waals surface area contributed by atoms with Gasteiger partial charge >= 0.3 is 0 Å². The normalized spacial score (nSPS) is 11.4. The second kappa shape index (κ2) is 4.09. The monoisotopic (exact) mass is 175 g/mol. The van der Waals surface area contributed by atoms with Gasteiger partial charge in [-0.2, -0.15) is 5.26 Å². The van der Waals surface area contributed by atoms with Gasteiger partial charge in [-0.3, -0.25) is 4.98 Å². The SMILES string of the molecule is N#C/C(NN)=C(/N)c1ccccn1. The van der Waals surface area contributed by atoms with Crippen LogP contribution in [0.15, 0.2) is 30.1 Å². The number of nitrogens with two attached hydrogens (primary N) is 2. The molecule has 13 heavy (non-hydrogen) atoms. The molecule has 0 saturated heterocycles. The molecular weight excluding hydrogens is 166 g/mol. The first-order valence-electron chi connectivity index (χ1n) is 3.57. The molecule has 1 rings (SSSR count). The van der Waals surface area contributed by atoms with Crippen LogP contribution in [0.3, 0.4) is 0 Å². The first kappa shape index (κ1) is 9.03. The second-order valence-electron chi connectivity index (χ2n) is 2.26. The largest absolute Gasteiger partial charge is 0.395 e. The molecule has 66 valence electrons. The number of nitriles is 1. The van der Waals surface area contributed by atoms with Gasteiger partial charge in [0.05, 0.1) is 11.4 Å². The molecule has 0 aliphatic heterocycles. The molecule has 1 aromatic heterocycles.